The molecule has 3 heterocycles. The van der Waals surface area contributed by atoms with Crippen LogP contribution < -0.4 is 0 Å². The van der Waals surface area contributed by atoms with E-state index in [0.717, 1.165) is 33.5 Å². The van der Waals surface area contributed by atoms with Gasteiger partial charge in [-0.3, -0.25) is 4.57 Å². The Labute approximate surface area is 177 Å². The second-order valence-corrected chi connectivity index (χ2v) is 7.18. The summed E-state index contributed by atoms with van der Waals surface area (Å²) in [6.07, 6.45) is 3.27. The molecule has 0 radical (unpaired) electrons. The van der Waals surface area contributed by atoms with Crippen molar-refractivity contribution in [2.24, 2.45) is 5.16 Å². The lowest BCUT2D eigenvalue weighted by atomic mass is 10.2. The second kappa shape index (κ2) is 7.64. The fourth-order valence-corrected chi connectivity index (χ4v) is 3.60. The number of nitrogens with zero attached hydrogens (tertiary/aromatic N) is 6. The van der Waals surface area contributed by atoms with Gasteiger partial charge in [-0.05, 0) is 49.2 Å². The first kappa shape index (κ1) is 18.9. The van der Waals surface area contributed by atoms with Crippen LogP contribution in [0.25, 0.3) is 22.4 Å². The third kappa shape index (κ3) is 3.42. The van der Waals surface area contributed by atoms with Crippen LogP contribution >= 0.6 is 0 Å². The first-order chi connectivity index (χ1) is 15.1. The standard InChI is InChI=1S/C23H19FN6O/c1-15-16(2)30(19-10-8-18(24)9-11-19)22-21(15)23-27-20(28-29(23)14-25-22)13-31-26-12-17-6-4-3-5-7-17/h3-12,14H,13H2,1-2H3. The van der Waals surface area contributed by atoms with Crippen LogP contribution in [0.5, 0.6) is 0 Å². The molecule has 154 valence electrons. The lowest BCUT2D eigenvalue weighted by Crippen LogP contribution is -1.99. The third-order valence-corrected chi connectivity index (χ3v) is 5.23. The van der Waals surface area contributed by atoms with Gasteiger partial charge in [-0.15, -0.1) is 5.10 Å². The molecule has 0 saturated heterocycles. The summed E-state index contributed by atoms with van der Waals surface area (Å²) in [5, 5.41) is 9.34. The molecule has 31 heavy (non-hydrogen) atoms. The van der Waals surface area contributed by atoms with E-state index in [-0.39, 0.29) is 12.4 Å². The highest BCUT2D eigenvalue weighted by Crippen LogP contribution is 2.29. The average Bonchev–Trinajstić information content (AvgIpc) is 3.31. The topological polar surface area (TPSA) is 69.6 Å². The fourth-order valence-electron chi connectivity index (χ4n) is 3.60. The fraction of sp³-hybridized carbons (Fsp3) is 0.130. The first-order valence-corrected chi connectivity index (χ1v) is 9.80. The van der Waals surface area contributed by atoms with Crippen molar-refractivity contribution in [2.45, 2.75) is 20.5 Å². The molecule has 0 aliphatic heterocycles. The number of halogens is 1. The zero-order chi connectivity index (χ0) is 21.4. The summed E-state index contributed by atoms with van der Waals surface area (Å²) < 4.78 is 17.0. The Hall–Kier alpha value is -4.07. The number of rotatable bonds is 5. The minimum Gasteiger partial charge on any atom is -0.387 e. The molecule has 0 aliphatic carbocycles. The molecule has 7 nitrogen and oxygen atoms in total. The van der Waals surface area contributed by atoms with Crippen molar-refractivity contribution in [3.05, 3.63) is 89.4 Å². The predicted molar refractivity (Wildman–Crippen MR) is 116 cm³/mol. The zero-order valence-electron chi connectivity index (χ0n) is 17.0. The highest BCUT2D eigenvalue weighted by atomic mass is 19.1. The van der Waals surface area contributed by atoms with E-state index in [2.05, 4.69) is 20.2 Å². The largest absolute Gasteiger partial charge is 0.387 e. The summed E-state index contributed by atoms with van der Waals surface area (Å²) in [6, 6.07) is 16.1. The van der Waals surface area contributed by atoms with Crippen molar-refractivity contribution in [1.29, 1.82) is 0 Å². The Kier molecular flexibility index (Phi) is 4.66. The van der Waals surface area contributed by atoms with Crippen molar-refractivity contribution in [1.82, 2.24) is 24.1 Å². The summed E-state index contributed by atoms with van der Waals surface area (Å²) in [5.41, 5.74) is 5.28. The molecule has 0 fully saturated rings. The van der Waals surface area contributed by atoms with Gasteiger partial charge in [0.1, 0.15) is 12.1 Å². The maximum atomic E-state index is 13.4. The smallest absolute Gasteiger partial charge is 0.192 e. The lowest BCUT2D eigenvalue weighted by Gasteiger charge is -2.07. The Morgan fingerprint density at radius 2 is 1.81 bits per heavy atom. The highest BCUT2D eigenvalue weighted by Gasteiger charge is 2.19. The van der Waals surface area contributed by atoms with Crippen LogP contribution in [-0.2, 0) is 11.4 Å². The van der Waals surface area contributed by atoms with Gasteiger partial charge >= 0.3 is 0 Å². The SMILES string of the molecule is Cc1c(C)n(-c2ccc(F)cc2)c2ncn3nc(CON=Cc4ccccc4)nc3c12. The molecule has 0 amide bonds. The van der Waals surface area contributed by atoms with Crippen molar-refractivity contribution in [3.8, 4) is 5.69 Å². The minimum atomic E-state index is -0.276. The maximum Gasteiger partial charge on any atom is 0.192 e. The van der Waals surface area contributed by atoms with E-state index in [1.807, 2.05) is 48.7 Å². The van der Waals surface area contributed by atoms with Crippen LogP contribution in [0.2, 0.25) is 0 Å². The monoisotopic (exact) mass is 414 g/mol. The number of aromatic nitrogens is 5. The molecule has 3 aromatic heterocycles. The summed E-state index contributed by atoms with van der Waals surface area (Å²) >= 11 is 0. The summed E-state index contributed by atoms with van der Waals surface area (Å²) in [6.45, 7) is 4.17. The van der Waals surface area contributed by atoms with E-state index in [1.54, 1.807) is 29.2 Å². The van der Waals surface area contributed by atoms with Gasteiger partial charge in [0.15, 0.2) is 23.7 Å². The third-order valence-electron chi connectivity index (χ3n) is 5.23. The molecule has 2 aromatic carbocycles. The van der Waals surface area contributed by atoms with Crippen LogP contribution in [-0.4, -0.2) is 30.4 Å². The summed E-state index contributed by atoms with van der Waals surface area (Å²) in [5.74, 6) is 0.230. The molecule has 0 bridgehead atoms. The van der Waals surface area contributed by atoms with E-state index >= 15 is 0 Å². The lowest BCUT2D eigenvalue weighted by molar-refractivity contribution is 0.126. The number of fused-ring (bicyclic) bond motifs is 3. The van der Waals surface area contributed by atoms with Crippen LogP contribution in [0.1, 0.15) is 22.6 Å². The van der Waals surface area contributed by atoms with E-state index < -0.39 is 0 Å². The van der Waals surface area contributed by atoms with Gasteiger partial charge in [-0.2, -0.15) is 0 Å². The van der Waals surface area contributed by atoms with E-state index in [0.29, 0.717) is 11.5 Å². The van der Waals surface area contributed by atoms with Gasteiger partial charge in [-0.25, -0.2) is 18.9 Å². The number of benzene rings is 2. The molecule has 8 heteroatoms. The van der Waals surface area contributed by atoms with E-state index in [4.69, 9.17) is 4.84 Å². The van der Waals surface area contributed by atoms with Crippen LogP contribution in [0.15, 0.2) is 66.1 Å². The molecule has 0 saturated carbocycles. The quantitative estimate of drug-likeness (QED) is 0.316. The van der Waals surface area contributed by atoms with Crippen molar-refractivity contribution < 1.29 is 9.23 Å². The van der Waals surface area contributed by atoms with Gasteiger partial charge in [0, 0.05) is 11.4 Å². The molecule has 0 atom stereocenters. The Morgan fingerprint density at radius 3 is 2.58 bits per heavy atom. The van der Waals surface area contributed by atoms with Gasteiger partial charge in [-0.1, -0.05) is 35.5 Å². The minimum absolute atomic E-state index is 0.142. The van der Waals surface area contributed by atoms with Crippen molar-refractivity contribution >= 4 is 22.9 Å². The summed E-state index contributed by atoms with van der Waals surface area (Å²) in [4.78, 5) is 14.6. The highest BCUT2D eigenvalue weighted by molar-refractivity contribution is 5.94. The number of hydrogen-bond acceptors (Lipinski definition) is 5. The Morgan fingerprint density at radius 1 is 1.03 bits per heavy atom. The second-order valence-electron chi connectivity index (χ2n) is 7.18. The molecule has 0 aliphatic rings. The Bertz CT molecular complexity index is 1400. The van der Waals surface area contributed by atoms with E-state index in [1.165, 1.54) is 12.1 Å². The van der Waals surface area contributed by atoms with Crippen molar-refractivity contribution in [3.63, 3.8) is 0 Å². The zero-order valence-corrected chi connectivity index (χ0v) is 17.0. The number of aryl methyl sites for hydroxylation is 1. The molecule has 5 aromatic rings. The van der Waals surface area contributed by atoms with Crippen molar-refractivity contribution in [2.75, 3.05) is 0 Å². The van der Waals surface area contributed by atoms with Crippen LogP contribution in [0.3, 0.4) is 0 Å². The van der Waals surface area contributed by atoms with Gasteiger partial charge in [0.05, 0.1) is 11.6 Å². The average molecular weight is 414 g/mol. The number of hydrogen-bond donors (Lipinski definition) is 0. The molecular weight excluding hydrogens is 395 g/mol. The Balaban J connectivity index is 1.49. The molecular formula is C23H19FN6O. The first-order valence-electron chi connectivity index (χ1n) is 9.80. The predicted octanol–water partition coefficient (Wildman–Crippen LogP) is 4.37. The maximum absolute atomic E-state index is 13.4. The molecule has 0 N–H and O–H groups in total. The van der Waals surface area contributed by atoms with Crippen LogP contribution in [0.4, 0.5) is 4.39 Å². The van der Waals surface area contributed by atoms with E-state index in [9.17, 15) is 4.39 Å². The molecule has 0 spiro atoms. The van der Waals surface area contributed by atoms with Gasteiger partial charge in [0.25, 0.3) is 0 Å². The summed E-state index contributed by atoms with van der Waals surface area (Å²) in [7, 11) is 0. The number of oxime groups is 1. The molecule has 5 rings (SSSR count). The van der Waals surface area contributed by atoms with Gasteiger partial charge in [0.2, 0.25) is 0 Å². The molecule has 0 unspecified atom stereocenters. The van der Waals surface area contributed by atoms with Gasteiger partial charge < -0.3 is 4.84 Å². The van der Waals surface area contributed by atoms with Crippen LogP contribution in [0, 0.1) is 19.7 Å². The normalized spacial score (nSPS) is 11.7.